The van der Waals surface area contributed by atoms with E-state index >= 15 is 0 Å². The lowest BCUT2D eigenvalue weighted by Gasteiger charge is -2.12. The number of benzene rings is 2. The lowest BCUT2D eigenvalue weighted by molar-refractivity contribution is -0.136. The number of carboxylic acids is 1. The van der Waals surface area contributed by atoms with E-state index in [2.05, 4.69) is 49.1 Å². The van der Waals surface area contributed by atoms with Gasteiger partial charge in [-0.1, -0.05) is 25.7 Å². The van der Waals surface area contributed by atoms with Gasteiger partial charge >= 0.3 is 5.97 Å². The number of halogens is 2. The molecule has 0 radical (unpaired) electrons. The number of carbonyl (C=O) groups is 1. The molecule has 2 aromatic carbocycles. The summed E-state index contributed by atoms with van der Waals surface area (Å²) in [6, 6.07) is 9.65. The van der Waals surface area contributed by atoms with Crippen molar-refractivity contribution in [2.24, 2.45) is 5.92 Å². The average Bonchev–Trinajstić information content (AvgIpc) is 3.28. The van der Waals surface area contributed by atoms with Crippen LogP contribution >= 0.6 is 31.9 Å². The fourth-order valence-corrected chi connectivity index (χ4v) is 5.46. The highest BCUT2D eigenvalue weighted by molar-refractivity contribution is 9.11. The zero-order chi connectivity index (χ0) is 19.7. The molecule has 2 N–H and O–H groups in total. The third-order valence-electron chi connectivity index (χ3n) is 5.36. The maximum Gasteiger partial charge on any atom is 0.307 e. The van der Waals surface area contributed by atoms with Gasteiger partial charge in [0.05, 0.1) is 15.4 Å². The van der Waals surface area contributed by atoms with Crippen molar-refractivity contribution in [1.29, 1.82) is 0 Å². The third kappa shape index (κ3) is 4.28. The molecule has 0 bridgehead atoms. The zero-order valence-corrected chi connectivity index (χ0v) is 18.5. The Morgan fingerprint density at radius 3 is 2.54 bits per heavy atom. The first-order valence-corrected chi connectivity index (χ1v) is 11.1. The van der Waals surface area contributed by atoms with Gasteiger partial charge in [0.1, 0.15) is 5.75 Å². The number of nitrogens with one attached hydrogen (secondary N) is 1. The molecule has 1 fully saturated rings. The van der Waals surface area contributed by atoms with E-state index in [0.717, 1.165) is 32.6 Å². The van der Waals surface area contributed by atoms with Crippen molar-refractivity contribution in [3.63, 3.8) is 0 Å². The van der Waals surface area contributed by atoms with E-state index in [-0.39, 0.29) is 6.42 Å². The number of ether oxygens (including phenoxy) is 1. The normalized spacial score (nSPS) is 14.6. The van der Waals surface area contributed by atoms with Crippen LogP contribution in [0.3, 0.4) is 0 Å². The number of fused-ring (bicyclic) bond motifs is 1. The summed E-state index contributed by atoms with van der Waals surface area (Å²) in [5.74, 6) is 1.32. The van der Waals surface area contributed by atoms with E-state index in [1.165, 1.54) is 36.6 Å². The van der Waals surface area contributed by atoms with Gasteiger partial charge < -0.3 is 14.8 Å². The van der Waals surface area contributed by atoms with Crippen LogP contribution in [0.25, 0.3) is 10.9 Å². The summed E-state index contributed by atoms with van der Waals surface area (Å²) in [5.41, 5.74) is 3.18. The van der Waals surface area contributed by atoms with Crippen LogP contribution in [0, 0.1) is 5.92 Å². The van der Waals surface area contributed by atoms with Gasteiger partial charge in [-0.15, -0.1) is 0 Å². The minimum absolute atomic E-state index is 0.0304. The summed E-state index contributed by atoms with van der Waals surface area (Å²) in [6.45, 7) is 0. The number of hydrogen-bond donors (Lipinski definition) is 2. The molecule has 6 heteroatoms. The van der Waals surface area contributed by atoms with E-state index in [4.69, 9.17) is 9.84 Å². The number of carboxylic acid groups (broad SMARTS) is 1. The second-order valence-corrected chi connectivity index (χ2v) is 9.15. The van der Waals surface area contributed by atoms with Gasteiger partial charge in [0.25, 0.3) is 0 Å². The minimum Gasteiger partial charge on any atom is -0.481 e. The molecule has 28 heavy (non-hydrogen) atoms. The lowest BCUT2D eigenvalue weighted by atomic mass is 9.98. The van der Waals surface area contributed by atoms with Gasteiger partial charge in [0.2, 0.25) is 0 Å². The molecule has 0 atom stereocenters. The standard InChI is InChI=1S/C22H21Br2NO3/c23-18-8-14(10-21(26)27)9-19(24)22(18)28-16-5-6-20-17(11-16)15(12-25-20)7-13-3-1-2-4-13/h5-6,8-9,11-13,25H,1-4,7,10H2,(H,26,27). The summed E-state index contributed by atoms with van der Waals surface area (Å²) in [5, 5.41) is 10.2. The Morgan fingerprint density at radius 1 is 1.14 bits per heavy atom. The maximum atomic E-state index is 11.0. The Hall–Kier alpha value is -1.79. The van der Waals surface area contributed by atoms with Crippen molar-refractivity contribution in [1.82, 2.24) is 4.98 Å². The van der Waals surface area contributed by atoms with Crippen LogP contribution in [-0.4, -0.2) is 16.1 Å². The molecule has 3 aromatic rings. The maximum absolute atomic E-state index is 11.0. The van der Waals surface area contributed by atoms with Gasteiger partial charge in [-0.2, -0.15) is 0 Å². The molecular formula is C22H21Br2NO3. The smallest absolute Gasteiger partial charge is 0.307 e. The molecule has 0 saturated heterocycles. The van der Waals surface area contributed by atoms with Crippen LogP contribution in [-0.2, 0) is 17.6 Å². The van der Waals surface area contributed by atoms with Crippen molar-refractivity contribution >= 4 is 48.7 Å². The molecule has 0 aliphatic heterocycles. The predicted molar refractivity (Wildman–Crippen MR) is 117 cm³/mol. The van der Waals surface area contributed by atoms with Gasteiger partial charge in [-0.25, -0.2) is 0 Å². The van der Waals surface area contributed by atoms with Gasteiger partial charge in [-0.05, 0) is 85.7 Å². The van der Waals surface area contributed by atoms with Crippen molar-refractivity contribution in [3.05, 3.63) is 56.6 Å². The van der Waals surface area contributed by atoms with Crippen LogP contribution in [0.1, 0.15) is 36.8 Å². The number of H-pyrrole nitrogens is 1. The first-order chi connectivity index (χ1) is 13.5. The van der Waals surface area contributed by atoms with Crippen LogP contribution in [0.5, 0.6) is 11.5 Å². The van der Waals surface area contributed by atoms with E-state index in [0.29, 0.717) is 11.3 Å². The Kier molecular flexibility index (Phi) is 5.78. The fourth-order valence-electron chi connectivity index (χ4n) is 4.02. The Morgan fingerprint density at radius 2 is 1.86 bits per heavy atom. The average molecular weight is 507 g/mol. The molecule has 0 amide bonds. The summed E-state index contributed by atoms with van der Waals surface area (Å²) in [6.07, 6.45) is 8.55. The number of aliphatic carboxylic acids is 1. The van der Waals surface area contributed by atoms with Crippen molar-refractivity contribution in [2.45, 2.75) is 38.5 Å². The van der Waals surface area contributed by atoms with Crippen LogP contribution in [0.2, 0.25) is 0 Å². The monoisotopic (exact) mass is 505 g/mol. The predicted octanol–water partition coefficient (Wildman–Crippen LogP) is 6.85. The first-order valence-electron chi connectivity index (χ1n) is 9.47. The van der Waals surface area contributed by atoms with Crippen molar-refractivity contribution < 1.29 is 14.6 Å². The Balaban J connectivity index is 1.60. The van der Waals surface area contributed by atoms with E-state index in [9.17, 15) is 4.79 Å². The summed E-state index contributed by atoms with van der Waals surface area (Å²) >= 11 is 7.01. The van der Waals surface area contributed by atoms with Crippen LogP contribution < -0.4 is 4.74 Å². The van der Waals surface area contributed by atoms with E-state index in [1.54, 1.807) is 12.1 Å². The Labute approximate surface area is 180 Å². The molecule has 4 rings (SSSR count). The van der Waals surface area contributed by atoms with Crippen LogP contribution in [0.15, 0.2) is 45.5 Å². The molecule has 1 aliphatic carbocycles. The van der Waals surface area contributed by atoms with Gasteiger partial charge in [0, 0.05) is 17.1 Å². The second kappa shape index (κ2) is 8.29. The number of aromatic nitrogens is 1. The second-order valence-electron chi connectivity index (χ2n) is 7.44. The lowest BCUT2D eigenvalue weighted by Crippen LogP contribution is -2.00. The molecule has 0 spiro atoms. The fraction of sp³-hybridized carbons (Fsp3) is 0.318. The molecule has 146 valence electrons. The van der Waals surface area contributed by atoms with Crippen molar-refractivity contribution in [3.8, 4) is 11.5 Å². The highest BCUT2D eigenvalue weighted by Gasteiger charge is 2.18. The quantitative estimate of drug-likeness (QED) is 0.384. The van der Waals surface area contributed by atoms with Gasteiger partial charge in [0.15, 0.2) is 5.75 Å². The molecule has 1 aromatic heterocycles. The molecule has 1 heterocycles. The SMILES string of the molecule is O=C(O)Cc1cc(Br)c(Oc2ccc3[nH]cc(CC4CCCC4)c3c2)c(Br)c1. The van der Waals surface area contributed by atoms with E-state index < -0.39 is 5.97 Å². The highest BCUT2D eigenvalue weighted by atomic mass is 79.9. The minimum atomic E-state index is -0.861. The van der Waals surface area contributed by atoms with E-state index in [1.807, 2.05) is 12.1 Å². The highest BCUT2D eigenvalue weighted by Crippen LogP contribution is 2.39. The molecular weight excluding hydrogens is 486 g/mol. The topological polar surface area (TPSA) is 62.3 Å². The third-order valence-corrected chi connectivity index (χ3v) is 6.53. The van der Waals surface area contributed by atoms with Gasteiger partial charge in [-0.3, -0.25) is 4.79 Å². The summed E-state index contributed by atoms with van der Waals surface area (Å²) in [7, 11) is 0. The summed E-state index contributed by atoms with van der Waals surface area (Å²) in [4.78, 5) is 14.3. The number of aromatic amines is 1. The molecule has 1 saturated carbocycles. The largest absolute Gasteiger partial charge is 0.481 e. The zero-order valence-electron chi connectivity index (χ0n) is 15.3. The number of hydrogen-bond acceptors (Lipinski definition) is 2. The first kappa shape index (κ1) is 19.5. The van der Waals surface area contributed by atoms with Crippen molar-refractivity contribution in [2.75, 3.05) is 0 Å². The molecule has 1 aliphatic rings. The molecule has 0 unspecified atom stereocenters. The number of rotatable bonds is 6. The molecule has 4 nitrogen and oxygen atoms in total. The summed E-state index contributed by atoms with van der Waals surface area (Å²) < 4.78 is 7.59. The Bertz CT molecular complexity index is 999. The van der Waals surface area contributed by atoms with Crippen LogP contribution in [0.4, 0.5) is 0 Å².